The van der Waals surface area contributed by atoms with Crippen LogP contribution in [0.1, 0.15) is 6.92 Å². The summed E-state index contributed by atoms with van der Waals surface area (Å²) in [6.07, 6.45) is 2.07. The van der Waals surface area contributed by atoms with Crippen LogP contribution in [0.15, 0.2) is 17.8 Å². The summed E-state index contributed by atoms with van der Waals surface area (Å²) < 4.78 is 1.43. The summed E-state index contributed by atoms with van der Waals surface area (Å²) >= 11 is 1.23. The van der Waals surface area contributed by atoms with Crippen LogP contribution < -0.4 is 5.32 Å². The molecule has 0 amide bonds. The van der Waals surface area contributed by atoms with E-state index in [0.29, 0.717) is 29.4 Å². The van der Waals surface area contributed by atoms with Crippen LogP contribution in [0.3, 0.4) is 0 Å². The molecule has 3 N–H and O–H groups in total. The van der Waals surface area contributed by atoms with E-state index >= 15 is 0 Å². The largest absolute Gasteiger partial charge is 0.394 e. The fourth-order valence-corrected chi connectivity index (χ4v) is 2.03. The third-order valence-corrected chi connectivity index (χ3v) is 3.17. The Hall–Kier alpha value is -1.78. The molecule has 0 aliphatic carbocycles. The summed E-state index contributed by atoms with van der Waals surface area (Å²) in [6.45, 7) is 2.31. The first kappa shape index (κ1) is 14.6. The van der Waals surface area contributed by atoms with Gasteiger partial charge in [0.25, 0.3) is 5.95 Å². The minimum Gasteiger partial charge on any atom is -0.394 e. The molecule has 0 spiro atoms. The molecule has 2 heterocycles. The monoisotopic (exact) mass is 297 g/mol. The van der Waals surface area contributed by atoms with Gasteiger partial charge in [-0.05, 0) is 6.92 Å². The van der Waals surface area contributed by atoms with Crippen molar-refractivity contribution >= 4 is 17.7 Å². The van der Waals surface area contributed by atoms with Gasteiger partial charge in [0.15, 0.2) is 5.16 Å². The van der Waals surface area contributed by atoms with Gasteiger partial charge in [0.2, 0.25) is 5.95 Å². The zero-order valence-electron chi connectivity index (χ0n) is 10.8. The summed E-state index contributed by atoms with van der Waals surface area (Å²) in [6, 6.07) is 0. The molecule has 0 aliphatic rings. The molecule has 2 aromatic rings. The number of thioether (sulfide) groups is 1. The van der Waals surface area contributed by atoms with E-state index in [9.17, 15) is 5.11 Å². The number of nitrogens with one attached hydrogen (secondary N) is 1. The van der Waals surface area contributed by atoms with Crippen LogP contribution in [0, 0.1) is 0 Å². The highest BCUT2D eigenvalue weighted by molar-refractivity contribution is 7.99. The second-order valence-corrected chi connectivity index (χ2v) is 4.75. The molecule has 0 saturated heterocycles. The number of aliphatic hydroxyl groups is 2. The fraction of sp³-hybridized carbons (Fsp3) is 0.500. The lowest BCUT2D eigenvalue weighted by molar-refractivity contribution is 0.113. The van der Waals surface area contributed by atoms with Crippen LogP contribution >= 0.6 is 11.8 Å². The molecule has 108 valence electrons. The zero-order chi connectivity index (χ0) is 14.4. The highest BCUT2D eigenvalue weighted by atomic mass is 32.2. The van der Waals surface area contributed by atoms with E-state index in [0.717, 1.165) is 0 Å². The van der Waals surface area contributed by atoms with Crippen molar-refractivity contribution in [3.8, 4) is 5.95 Å². The van der Waals surface area contributed by atoms with Crippen LogP contribution in [0.25, 0.3) is 5.95 Å². The van der Waals surface area contributed by atoms with Gasteiger partial charge in [-0.3, -0.25) is 0 Å². The third kappa shape index (κ3) is 3.85. The van der Waals surface area contributed by atoms with Crippen molar-refractivity contribution in [2.24, 2.45) is 0 Å². The molecule has 0 aliphatic heterocycles. The first-order chi connectivity index (χ1) is 9.72. The Morgan fingerprint density at radius 2 is 2.25 bits per heavy atom. The van der Waals surface area contributed by atoms with Crippen molar-refractivity contribution in [3.63, 3.8) is 0 Å². The van der Waals surface area contributed by atoms with Gasteiger partial charge in [-0.15, -0.1) is 0 Å². The Morgan fingerprint density at radius 1 is 1.40 bits per heavy atom. The predicted octanol–water partition coefficient (Wildman–Crippen LogP) is -0.671. The fourth-order valence-electron chi connectivity index (χ4n) is 1.28. The van der Waals surface area contributed by atoms with Crippen molar-refractivity contribution in [2.75, 3.05) is 24.2 Å². The summed E-state index contributed by atoms with van der Waals surface area (Å²) in [4.78, 5) is 16.5. The standard InChI is InChI=1S/C10H15N7O2S/c1-2-12-8-14-9(17-6-11-5-13-17)16-10(15-8)20-4-7(19)3-18/h5-7,18-19H,2-4H2,1H3,(H,12,14,15,16). The quantitative estimate of drug-likeness (QED) is 0.571. The molecule has 0 aromatic carbocycles. The van der Waals surface area contributed by atoms with Gasteiger partial charge in [0.05, 0.1) is 12.7 Å². The summed E-state index contributed by atoms with van der Waals surface area (Å²) in [7, 11) is 0. The van der Waals surface area contributed by atoms with Crippen molar-refractivity contribution in [1.82, 2.24) is 29.7 Å². The van der Waals surface area contributed by atoms with Crippen LogP contribution in [0.2, 0.25) is 0 Å². The van der Waals surface area contributed by atoms with Crippen molar-refractivity contribution in [3.05, 3.63) is 12.7 Å². The molecule has 20 heavy (non-hydrogen) atoms. The number of aliphatic hydroxyl groups excluding tert-OH is 2. The van der Waals surface area contributed by atoms with Crippen LogP contribution in [-0.4, -0.2) is 64.9 Å². The van der Waals surface area contributed by atoms with Gasteiger partial charge in [-0.25, -0.2) is 4.98 Å². The average molecular weight is 297 g/mol. The number of nitrogens with zero attached hydrogens (tertiary/aromatic N) is 6. The molecule has 1 unspecified atom stereocenters. The number of rotatable bonds is 7. The first-order valence-electron chi connectivity index (χ1n) is 5.99. The summed E-state index contributed by atoms with van der Waals surface area (Å²) in [5.41, 5.74) is 0. The van der Waals surface area contributed by atoms with Gasteiger partial charge < -0.3 is 15.5 Å². The molecule has 9 nitrogen and oxygen atoms in total. The molecule has 10 heteroatoms. The van der Waals surface area contributed by atoms with E-state index in [1.54, 1.807) is 0 Å². The van der Waals surface area contributed by atoms with Crippen LogP contribution in [0.5, 0.6) is 0 Å². The first-order valence-corrected chi connectivity index (χ1v) is 6.98. The second-order valence-electron chi connectivity index (χ2n) is 3.76. The van der Waals surface area contributed by atoms with Gasteiger partial charge in [0.1, 0.15) is 12.7 Å². The SMILES string of the molecule is CCNc1nc(SCC(O)CO)nc(-n2cncn2)n1. The molecule has 1 atom stereocenters. The van der Waals surface area contributed by atoms with Crippen molar-refractivity contribution < 1.29 is 10.2 Å². The second kappa shape index (κ2) is 7.12. The van der Waals surface area contributed by atoms with Crippen molar-refractivity contribution in [1.29, 1.82) is 0 Å². The molecule has 0 radical (unpaired) electrons. The van der Waals surface area contributed by atoms with E-state index in [1.165, 1.54) is 29.1 Å². The van der Waals surface area contributed by atoms with Gasteiger partial charge in [-0.1, -0.05) is 11.8 Å². The molecular formula is C10H15N7O2S. The lowest BCUT2D eigenvalue weighted by atomic mass is 10.4. The van der Waals surface area contributed by atoms with E-state index in [-0.39, 0.29) is 6.61 Å². The van der Waals surface area contributed by atoms with Crippen LogP contribution in [-0.2, 0) is 0 Å². The minimum atomic E-state index is -0.811. The normalized spacial score (nSPS) is 12.3. The van der Waals surface area contributed by atoms with E-state index in [2.05, 4.69) is 30.4 Å². The number of aromatic nitrogens is 6. The van der Waals surface area contributed by atoms with Gasteiger partial charge in [-0.2, -0.15) is 24.7 Å². The molecule has 2 rings (SSSR count). The van der Waals surface area contributed by atoms with Gasteiger partial charge in [0, 0.05) is 12.3 Å². The highest BCUT2D eigenvalue weighted by Gasteiger charge is 2.11. The Bertz CT molecular complexity index is 536. The molecular weight excluding hydrogens is 282 g/mol. The maximum atomic E-state index is 9.36. The topological polar surface area (TPSA) is 122 Å². The number of anilines is 1. The van der Waals surface area contributed by atoms with Crippen molar-refractivity contribution in [2.45, 2.75) is 18.2 Å². The maximum Gasteiger partial charge on any atom is 0.257 e. The minimum absolute atomic E-state index is 0.295. The lowest BCUT2D eigenvalue weighted by Gasteiger charge is -2.08. The van der Waals surface area contributed by atoms with E-state index in [4.69, 9.17) is 5.11 Å². The Balaban J connectivity index is 2.22. The zero-order valence-corrected chi connectivity index (χ0v) is 11.7. The van der Waals surface area contributed by atoms with E-state index in [1.807, 2.05) is 6.92 Å². The highest BCUT2D eigenvalue weighted by Crippen LogP contribution is 2.16. The molecule has 0 saturated carbocycles. The lowest BCUT2D eigenvalue weighted by Crippen LogP contribution is -2.15. The van der Waals surface area contributed by atoms with Crippen LogP contribution in [0.4, 0.5) is 5.95 Å². The number of hydrogen-bond acceptors (Lipinski definition) is 9. The Morgan fingerprint density at radius 3 is 2.90 bits per heavy atom. The Labute approximate surface area is 119 Å². The molecule has 2 aromatic heterocycles. The third-order valence-electron chi connectivity index (χ3n) is 2.18. The maximum absolute atomic E-state index is 9.36. The number of hydrogen-bond donors (Lipinski definition) is 3. The van der Waals surface area contributed by atoms with E-state index < -0.39 is 6.10 Å². The summed E-state index contributed by atoms with van der Waals surface area (Å²) in [5, 5.41) is 25.6. The smallest absolute Gasteiger partial charge is 0.257 e. The predicted molar refractivity (Wildman–Crippen MR) is 72.7 cm³/mol. The molecule has 0 bridgehead atoms. The Kier molecular flexibility index (Phi) is 5.21. The summed E-state index contributed by atoms with van der Waals surface area (Å²) in [5.74, 6) is 1.06. The average Bonchev–Trinajstić information content (AvgIpc) is 2.99. The molecule has 0 fully saturated rings. The van der Waals surface area contributed by atoms with Gasteiger partial charge >= 0.3 is 0 Å².